The fraction of sp³-hybridized carbons (Fsp3) is 0.425. The number of rotatable bonds is 10. The lowest BCUT2D eigenvalue weighted by atomic mass is 9.70. The molecule has 0 atom stereocenters. The number of aryl methyl sites for hydroxylation is 1. The Morgan fingerprint density at radius 3 is 2.42 bits per heavy atom. The minimum absolute atomic E-state index is 0.173. The zero-order valence-electron chi connectivity index (χ0n) is 32.4. The van der Waals surface area contributed by atoms with Gasteiger partial charge < -0.3 is 34.9 Å². The van der Waals surface area contributed by atoms with Gasteiger partial charge in [0.05, 0.1) is 47.5 Å². The first-order chi connectivity index (χ1) is 26.4. The van der Waals surface area contributed by atoms with Crippen molar-refractivity contribution in [2.45, 2.75) is 45.1 Å². The average Bonchev–Trinajstić information content (AvgIpc) is 3.84. The second-order valence-corrected chi connectivity index (χ2v) is 19.2. The summed E-state index contributed by atoms with van der Waals surface area (Å²) in [5.41, 5.74) is 6.55. The Balaban J connectivity index is 1.11. The van der Waals surface area contributed by atoms with Crippen LogP contribution in [0.1, 0.15) is 39.5 Å². The Bertz CT molecular complexity index is 2400. The van der Waals surface area contributed by atoms with Gasteiger partial charge in [0.2, 0.25) is 5.95 Å². The summed E-state index contributed by atoms with van der Waals surface area (Å²) in [6.45, 7) is 11.8. The number of likely N-dealkylation sites (tertiary alicyclic amines) is 1. The van der Waals surface area contributed by atoms with Gasteiger partial charge in [-0.25, -0.2) is 0 Å². The number of aromatic nitrogens is 7. The number of nitrogens with one attached hydrogen (secondary N) is 3. The zero-order valence-corrected chi connectivity index (χ0v) is 33.3. The van der Waals surface area contributed by atoms with E-state index in [0.717, 1.165) is 74.1 Å². The topological polar surface area (TPSA) is 162 Å². The second-order valence-electron chi connectivity index (χ2n) is 16.0. The van der Waals surface area contributed by atoms with Crippen LogP contribution in [0.4, 0.5) is 28.8 Å². The van der Waals surface area contributed by atoms with E-state index in [4.69, 9.17) is 14.7 Å². The van der Waals surface area contributed by atoms with Gasteiger partial charge >= 0.3 is 0 Å². The molecule has 0 unspecified atom stereocenters. The predicted molar refractivity (Wildman–Crippen MR) is 220 cm³/mol. The molecule has 14 nitrogen and oxygen atoms in total. The van der Waals surface area contributed by atoms with Crippen molar-refractivity contribution in [3.05, 3.63) is 61.3 Å². The third kappa shape index (κ3) is 7.14. The van der Waals surface area contributed by atoms with Crippen LogP contribution >= 0.6 is 7.14 Å². The van der Waals surface area contributed by atoms with E-state index in [0.29, 0.717) is 56.3 Å². The van der Waals surface area contributed by atoms with Crippen LogP contribution in [-0.4, -0.2) is 103 Å². The van der Waals surface area contributed by atoms with Crippen LogP contribution in [0.2, 0.25) is 0 Å². The van der Waals surface area contributed by atoms with Gasteiger partial charge in [-0.2, -0.15) is 15.1 Å². The number of aliphatic hydroxyl groups excluding tert-OH is 1. The lowest BCUT2D eigenvalue weighted by Gasteiger charge is -2.50. The largest absolute Gasteiger partial charge is 0.494 e. The van der Waals surface area contributed by atoms with Crippen molar-refractivity contribution in [3.63, 3.8) is 0 Å². The maximum atomic E-state index is 13.7. The van der Waals surface area contributed by atoms with Gasteiger partial charge in [-0.3, -0.25) is 19.5 Å². The van der Waals surface area contributed by atoms with Crippen LogP contribution in [-0.2, 0) is 11.6 Å². The minimum Gasteiger partial charge on any atom is -0.494 e. The number of aromatic amines is 1. The highest BCUT2D eigenvalue weighted by Crippen LogP contribution is 2.47. The molecule has 0 amide bonds. The second kappa shape index (κ2) is 14.2. The van der Waals surface area contributed by atoms with Crippen LogP contribution in [0, 0.1) is 5.41 Å². The lowest BCUT2D eigenvalue weighted by Crippen LogP contribution is -2.54. The van der Waals surface area contributed by atoms with Crippen molar-refractivity contribution in [1.29, 1.82) is 0 Å². The molecule has 288 valence electrons. The number of ether oxygens (including phenoxy) is 1. The van der Waals surface area contributed by atoms with Gasteiger partial charge in [0.25, 0.3) is 0 Å². The highest BCUT2D eigenvalue weighted by atomic mass is 31.2. The summed E-state index contributed by atoms with van der Waals surface area (Å²) < 4.78 is 21.5. The molecule has 2 aliphatic rings. The van der Waals surface area contributed by atoms with Gasteiger partial charge in [-0.05, 0) is 95.6 Å². The highest BCUT2D eigenvalue weighted by molar-refractivity contribution is 7.71. The number of fused-ring (bicyclic) bond motifs is 2. The maximum Gasteiger partial charge on any atom is 0.231 e. The molecule has 1 spiro atoms. The molecule has 2 saturated heterocycles. The van der Waals surface area contributed by atoms with E-state index < -0.39 is 7.14 Å². The fourth-order valence-electron chi connectivity index (χ4n) is 8.31. The standard InChI is InChI=1S/C40H50N11O3P/c1-39(2,25-52)51-19-12-40(13-20-51)10-17-50(18-11-40)32-22-33(54-4)31(21-28(32)26-23-44-49(3)24-26)46-38-47-36-27(9-14-43-36)37(48-38)45-30-8-7-29-34(42-16-15-41-29)35(30)55(5,6)53/h7-9,14-16,21-24,52H,10-13,17-20,25H2,1-6H3,(H3,43,45,46,47,48). The summed E-state index contributed by atoms with van der Waals surface area (Å²) in [7, 11) is 0.810. The number of hydrogen-bond donors (Lipinski definition) is 4. The van der Waals surface area contributed by atoms with Crippen molar-refractivity contribution < 1.29 is 14.4 Å². The first kappa shape index (κ1) is 36.9. The number of aliphatic hydroxyl groups is 1. The minimum atomic E-state index is -2.80. The summed E-state index contributed by atoms with van der Waals surface area (Å²) in [5, 5.41) is 22.8. The molecule has 8 rings (SSSR count). The van der Waals surface area contributed by atoms with E-state index in [1.807, 2.05) is 48.5 Å². The Morgan fingerprint density at radius 2 is 1.73 bits per heavy atom. The lowest BCUT2D eigenvalue weighted by molar-refractivity contribution is -0.00418. The Labute approximate surface area is 321 Å². The van der Waals surface area contributed by atoms with Crippen molar-refractivity contribution in [1.82, 2.24) is 39.6 Å². The van der Waals surface area contributed by atoms with Gasteiger partial charge in [-0.15, -0.1) is 0 Å². The van der Waals surface area contributed by atoms with Gasteiger partial charge in [0.1, 0.15) is 29.9 Å². The fourth-order valence-corrected chi connectivity index (χ4v) is 9.70. The molecule has 4 aromatic heterocycles. The molecule has 2 aliphatic heterocycles. The average molecular weight is 764 g/mol. The Morgan fingerprint density at radius 1 is 0.982 bits per heavy atom. The number of methoxy groups -OCH3 is 1. The molecule has 15 heteroatoms. The summed E-state index contributed by atoms with van der Waals surface area (Å²) in [4.78, 5) is 26.9. The first-order valence-electron chi connectivity index (χ1n) is 18.9. The number of H-pyrrole nitrogens is 1. The SMILES string of the molecule is COc1cc(N2CCC3(CC2)CCN(C(C)(C)CO)CC3)c(-c2cnn(C)c2)cc1Nc1nc(Nc2ccc3nccnc3c2P(C)(C)=O)c2cc[nH]c2n1. The van der Waals surface area contributed by atoms with E-state index in [9.17, 15) is 9.67 Å². The third-order valence-corrected chi connectivity index (χ3v) is 13.2. The van der Waals surface area contributed by atoms with Gasteiger partial charge in [-0.1, -0.05) is 0 Å². The molecular weight excluding hydrogens is 713 g/mol. The quantitative estimate of drug-likeness (QED) is 0.112. The molecule has 6 aromatic rings. The number of nitrogens with zero attached hydrogens (tertiary/aromatic N) is 8. The summed E-state index contributed by atoms with van der Waals surface area (Å²) in [5.74, 6) is 1.57. The van der Waals surface area contributed by atoms with E-state index >= 15 is 0 Å². The summed E-state index contributed by atoms with van der Waals surface area (Å²) in [6.07, 6.45) is 13.5. The van der Waals surface area contributed by atoms with Crippen LogP contribution in [0.5, 0.6) is 5.75 Å². The smallest absolute Gasteiger partial charge is 0.231 e. The Kier molecular flexibility index (Phi) is 9.55. The molecular formula is C40H50N11O3P. The zero-order chi connectivity index (χ0) is 38.5. The van der Waals surface area contributed by atoms with Gasteiger partial charge in [0, 0.05) is 73.3 Å². The molecule has 0 radical (unpaired) electrons. The molecule has 6 heterocycles. The summed E-state index contributed by atoms with van der Waals surface area (Å²) >= 11 is 0. The van der Waals surface area contributed by atoms with Crippen molar-refractivity contribution in [2.24, 2.45) is 12.5 Å². The van der Waals surface area contributed by atoms with Crippen molar-refractivity contribution in [3.8, 4) is 16.9 Å². The predicted octanol–water partition coefficient (Wildman–Crippen LogP) is 6.50. The van der Waals surface area contributed by atoms with Crippen LogP contribution in [0.15, 0.2) is 61.3 Å². The van der Waals surface area contributed by atoms with Crippen LogP contribution < -0.4 is 25.6 Å². The van der Waals surface area contributed by atoms with E-state index in [2.05, 4.69) is 66.5 Å². The number of piperidine rings is 2. The van der Waals surface area contributed by atoms with Crippen molar-refractivity contribution in [2.75, 3.05) is 68.8 Å². The molecule has 55 heavy (non-hydrogen) atoms. The third-order valence-electron chi connectivity index (χ3n) is 11.6. The van der Waals surface area contributed by atoms with Crippen molar-refractivity contribution >= 4 is 63.3 Å². The maximum absolute atomic E-state index is 13.7. The highest BCUT2D eigenvalue weighted by Gasteiger charge is 2.41. The number of hydrogen-bond acceptors (Lipinski definition) is 12. The van der Waals surface area contributed by atoms with E-state index in [-0.39, 0.29) is 12.1 Å². The molecule has 0 saturated carbocycles. The first-order valence-corrected chi connectivity index (χ1v) is 21.5. The molecule has 4 N–H and O–H groups in total. The Hall–Kier alpha value is -5.04. The molecule has 2 aromatic carbocycles. The van der Waals surface area contributed by atoms with Crippen LogP contribution in [0.3, 0.4) is 0 Å². The molecule has 0 aliphatic carbocycles. The monoisotopic (exact) mass is 763 g/mol. The number of benzene rings is 2. The van der Waals surface area contributed by atoms with Crippen LogP contribution in [0.25, 0.3) is 33.2 Å². The van der Waals surface area contributed by atoms with E-state index in [1.165, 1.54) is 0 Å². The number of anilines is 5. The van der Waals surface area contributed by atoms with E-state index in [1.54, 1.807) is 32.8 Å². The summed E-state index contributed by atoms with van der Waals surface area (Å²) in [6, 6.07) is 9.88. The normalized spacial score (nSPS) is 16.6. The molecule has 0 bridgehead atoms. The van der Waals surface area contributed by atoms with Gasteiger partial charge in [0.15, 0.2) is 0 Å². The molecule has 2 fully saturated rings.